The molecule has 1 rings (SSSR count). The van der Waals surface area contributed by atoms with E-state index in [1.54, 1.807) is 0 Å². The van der Waals surface area contributed by atoms with Crippen LogP contribution in [0.2, 0.25) is 0 Å². The predicted molar refractivity (Wildman–Crippen MR) is 69.2 cm³/mol. The molecule has 1 unspecified atom stereocenters. The first-order chi connectivity index (χ1) is 7.86. The van der Waals surface area contributed by atoms with Crippen molar-refractivity contribution >= 4 is 0 Å². The molecular formula is C15H20O. The Morgan fingerprint density at radius 2 is 2.06 bits per heavy atom. The molecule has 1 atom stereocenters. The fourth-order valence-electron chi connectivity index (χ4n) is 1.52. The lowest BCUT2D eigenvalue weighted by Crippen LogP contribution is -2.00. The molecule has 0 aliphatic carbocycles. The minimum Gasteiger partial charge on any atom is -0.377 e. The van der Waals surface area contributed by atoms with Crippen LogP contribution < -0.4 is 0 Å². The van der Waals surface area contributed by atoms with Gasteiger partial charge in [-0.1, -0.05) is 48.6 Å². The van der Waals surface area contributed by atoms with Crippen molar-refractivity contribution in [2.45, 2.75) is 20.0 Å². The first-order valence-corrected chi connectivity index (χ1v) is 5.74. The van der Waals surface area contributed by atoms with E-state index in [9.17, 15) is 0 Å². The fourth-order valence-corrected chi connectivity index (χ4v) is 1.52. The van der Waals surface area contributed by atoms with Crippen molar-refractivity contribution < 1.29 is 4.74 Å². The van der Waals surface area contributed by atoms with Crippen molar-refractivity contribution in [3.8, 4) is 0 Å². The summed E-state index contributed by atoms with van der Waals surface area (Å²) < 4.78 is 5.62. The zero-order chi connectivity index (χ0) is 11.6. The van der Waals surface area contributed by atoms with Crippen molar-refractivity contribution in [1.82, 2.24) is 0 Å². The van der Waals surface area contributed by atoms with E-state index in [1.165, 1.54) is 5.56 Å². The summed E-state index contributed by atoms with van der Waals surface area (Å²) in [6.07, 6.45) is 7.18. The third-order valence-corrected chi connectivity index (χ3v) is 2.45. The van der Waals surface area contributed by atoms with Crippen LogP contribution in [-0.4, -0.2) is 6.61 Å². The average Bonchev–Trinajstić information content (AvgIpc) is 2.34. The maximum Gasteiger partial charge on any atom is 0.0716 e. The third kappa shape index (κ3) is 4.94. The Bertz CT molecular complexity index is 313. The van der Waals surface area contributed by atoms with Gasteiger partial charge in [-0.05, 0) is 24.8 Å². The van der Waals surface area contributed by atoms with Crippen LogP contribution in [0, 0.1) is 5.92 Å². The summed E-state index contributed by atoms with van der Waals surface area (Å²) in [6.45, 7) is 7.31. The highest BCUT2D eigenvalue weighted by atomic mass is 16.5. The van der Waals surface area contributed by atoms with Gasteiger partial charge in [0.2, 0.25) is 0 Å². The van der Waals surface area contributed by atoms with E-state index in [-0.39, 0.29) is 0 Å². The summed E-state index contributed by atoms with van der Waals surface area (Å²) in [4.78, 5) is 0. The van der Waals surface area contributed by atoms with Crippen LogP contribution in [0.3, 0.4) is 0 Å². The molecule has 0 aliphatic rings. The number of hydrogen-bond donors (Lipinski definition) is 0. The monoisotopic (exact) mass is 216 g/mol. The largest absolute Gasteiger partial charge is 0.377 e. The van der Waals surface area contributed by atoms with Crippen LogP contribution in [0.1, 0.15) is 18.9 Å². The van der Waals surface area contributed by atoms with Gasteiger partial charge in [0, 0.05) is 6.61 Å². The fraction of sp³-hybridized carbons (Fsp3) is 0.333. The Morgan fingerprint density at radius 1 is 1.31 bits per heavy atom. The molecule has 0 N–H and O–H groups in total. The van der Waals surface area contributed by atoms with Gasteiger partial charge in [0.05, 0.1) is 6.61 Å². The highest BCUT2D eigenvalue weighted by Gasteiger charge is 1.99. The quantitative estimate of drug-likeness (QED) is 0.495. The minimum absolute atomic E-state index is 0.431. The molecule has 0 aliphatic heterocycles. The molecule has 0 bridgehead atoms. The summed E-state index contributed by atoms with van der Waals surface area (Å²) in [6, 6.07) is 10.2. The topological polar surface area (TPSA) is 9.23 Å². The standard InChI is InChI=1S/C15H20O/c1-3-8-14(4-2)11-12-16-13-15-9-6-5-7-10-15/h3-10,14H,2,11-13H2,1H3/b8-3-. The van der Waals surface area contributed by atoms with Crippen LogP contribution in [0.4, 0.5) is 0 Å². The zero-order valence-electron chi connectivity index (χ0n) is 9.93. The van der Waals surface area contributed by atoms with Gasteiger partial charge < -0.3 is 4.74 Å². The van der Waals surface area contributed by atoms with Crippen molar-refractivity contribution in [2.24, 2.45) is 5.92 Å². The van der Waals surface area contributed by atoms with E-state index < -0.39 is 0 Å². The Hall–Kier alpha value is -1.34. The summed E-state index contributed by atoms with van der Waals surface area (Å²) in [5.41, 5.74) is 1.23. The molecule has 1 aromatic rings. The number of hydrogen-bond acceptors (Lipinski definition) is 1. The Balaban J connectivity index is 2.19. The van der Waals surface area contributed by atoms with Crippen LogP contribution in [0.15, 0.2) is 55.1 Å². The van der Waals surface area contributed by atoms with Crippen molar-refractivity contribution in [3.05, 3.63) is 60.7 Å². The molecule has 0 heterocycles. The number of allylic oxidation sites excluding steroid dienone is 3. The van der Waals surface area contributed by atoms with Crippen LogP contribution in [0.25, 0.3) is 0 Å². The van der Waals surface area contributed by atoms with Gasteiger partial charge in [-0.25, -0.2) is 0 Å². The Morgan fingerprint density at radius 3 is 2.69 bits per heavy atom. The number of benzene rings is 1. The maximum atomic E-state index is 5.62. The van der Waals surface area contributed by atoms with Gasteiger partial charge in [0.15, 0.2) is 0 Å². The highest BCUT2D eigenvalue weighted by molar-refractivity contribution is 5.13. The average molecular weight is 216 g/mol. The van der Waals surface area contributed by atoms with E-state index in [0.717, 1.165) is 13.0 Å². The first kappa shape index (κ1) is 12.7. The zero-order valence-corrected chi connectivity index (χ0v) is 9.93. The SMILES string of the molecule is C=CC(/C=C\C)CCOCc1ccccc1. The maximum absolute atomic E-state index is 5.62. The second kappa shape index (κ2) is 7.89. The lowest BCUT2D eigenvalue weighted by Gasteiger charge is -2.08. The van der Waals surface area contributed by atoms with Gasteiger partial charge >= 0.3 is 0 Å². The molecule has 0 spiro atoms. The molecular weight excluding hydrogens is 196 g/mol. The molecule has 1 nitrogen and oxygen atoms in total. The number of ether oxygens (including phenoxy) is 1. The number of rotatable bonds is 7. The Labute approximate surface area is 98.5 Å². The van der Waals surface area contributed by atoms with Crippen LogP contribution in [-0.2, 0) is 11.3 Å². The molecule has 0 radical (unpaired) electrons. The van der Waals surface area contributed by atoms with E-state index in [1.807, 2.05) is 31.2 Å². The molecule has 86 valence electrons. The summed E-state index contributed by atoms with van der Waals surface area (Å²) in [7, 11) is 0. The summed E-state index contributed by atoms with van der Waals surface area (Å²) in [5, 5.41) is 0. The van der Waals surface area contributed by atoms with Crippen LogP contribution >= 0.6 is 0 Å². The van der Waals surface area contributed by atoms with E-state index in [0.29, 0.717) is 12.5 Å². The van der Waals surface area contributed by atoms with Crippen molar-refractivity contribution in [3.63, 3.8) is 0 Å². The molecule has 0 aromatic heterocycles. The Kier molecular flexibility index (Phi) is 6.28. The summed E-state index contributed by atoms with van der Waals surface area (Å²) >= 11 is 0. The second-order valence-electron chi connectivity index (χ2n) is 3.75. The van der Waals surface area contributed by atoms with E-state index in [2.05, 4.69) is 30.9 Å². The smallest absolute Gasteiger partial charge is 0.0716 e. The summed E-state index contributed by atoms with van der Waals surface area (Å²) in [5.74, 6) is 0.431. The molecule has 16 heavy (non-hydrogen) atoms. The van der Waals surface area contributed by atoms with Crippen molar-refractivity contribution in [1.29, 1.82) is 0 Å². The lowest BCUT2D eigenvalue weighted by atomic mass is 10.1. The molecule has 1 aromatic carbocycles. The van der Waals surface area contributed by atoms with Crippen LogP contribution in [0.5, 0.6) is 0 Å². The molecule has 0 saturated heterocycles. The van der Waals surface area contributed by atoms with Crippen molar-refractivity contribution in [2.75, 3.05) is 6.61 Å². The van der Waals surface area contributed by atoms with Gasteiger partial charge in [-0.3, -0.25) is 0 Å². The molecule has 1 heteroatoms. The van der Waals surface area contributed by atoms with Gasteiger partial charge in [-0.15, -0.1) is 6.58 Å². The normalized spacial score (nSPS) is 12.8. The molecule has 0 fully saturated rings. The van der Waals surface area contributed by atoms with Gasteiger partial charge in [0.25, 0.3) is 0 Å². The van der Waals surface area contributed by atoms with Gasteiger partial charge in [0.1, 0.15) is 0 Å². The van der Waals surface area contributed by atoms with E-state index >= 15 is 0 Å². The molecule has 0 amide bonds. The first-order valence-electron chi connectivity index (χ1n) is 5.74. The molecule has 0 saturated carbocycles. The second-order valence-corrected chi connectivity index (χ2v) is 3.75. The lowest BCUT2D eigenvalue weighted by molar-refractivity contribution is 0.114. The minimum atomic E-state index is 0.431. The van der Waals surface area contributed by atoms with E-state index in [4.69, 9.17) is 4.74 Å². The third-order valence-electron chi connectivity index (χ3n) is 2.45. The van der Waals surface area contributed by atoms with Gasteiger partial charge in [-0.2, -0.15) is 0 Å². The highest BCUT2D eigenvalue weighted by Crippen LogP contribution is 2.08. The predicted octanol–water partition coefficient (Wildman–Crippen LogP) is 3.97.